The lowest BCUT2D eigenvalue weighted by atomic mass is 10.1. The maximum Gasteiger partial charge on any atom is 0.142 e. The van der Waals surface area contributed by atoms with Crippen LogP contribution in [0.25, 0.3) is 0 Å². The van der Waals surface area contributed by atoms with Gasteiger partial charge < -0.3 is 20.5 Å². The Hall–Kier alpha value is -1.26. The van der Waals surface area contributed by atoms with Gasteiger partial charge in [0.25, 0.3) is 0 Å². The molecule has 0 bridgehead atoms. The highest BCUT2D eigenvalue weighted by Crippen LogP contribution is 2.32. The van der Waals surface area contributed by atoms with Gasteiger partial charge in [0.2, 0.25) is 0 Å². The summed E-state index contributed by atoms with van der Waals surface area (Å²) in [6, 6.07) is 6.43. The van der Waals surface area contributed by atoms with Gasteiger partial charge in [-0.05, 0) is 18.1 Å². The highest BCUT2D eigenvalue weighted by molar-refractivity contribution is 5.65. The molecule has 0 saturated carbocycles. The summed E-state index contributed by atoms with van der Waals surface area (Å²) in [6.45, 7) is 5.95. The number of benzene rings is 1. The average molecular weight is 250 g/mol. The Morgan fingerprint density at radius 3 is 3.06 bits per heavy atom. The largest absolute Gasteiger partial charge is 0.489 e. The van der Waals surface area contributed by atoms with Crippen LogP contribution in [-0.4, -0.2) is 36.9 Å². The number of nitrogens with one attached hydrogen (secondary N) is 2. The molecule has 0 fully saturated rings. The first-order chi connectivity index (χ1) is 8.66. The molecular weight excluding hydrogens is 228 g/mol. The normalized spacial score (nSPS) is 15.3. The maximum atomic E-state index is 9.80. The number of hydrogen-bond donors (Lipinski definition) is 3. The van der Waals surface area contributed by atoms with Gasteiger partial charge in [0, 0.05) is 19.1 Å². The van der Waals surface area contributed by atoms with E-state index in [0.29, 0.717) is 19.2 Å². The second kappa shape index (κ2) is 6.07. The lowest BCUT2D eigenvalue weighted by Crippen LogP contribution is -2.35. The van der Waals surface area contributed by atoms with Crippen LogP contribution in [0, 0.1) is 0 Å². The van der Waals surface area contributed by atoms with E-state index in [1.807, 2.05) is 12.1 Å². The van der Waals surface area contributed by atoms with E-state index >= 15 is 0 Å². The summed E-state index contributed by atoms with van der Waals surface area (Å²) in [5.74, 6) is 0.841. The van der Waals surface area contributed by atoms with E-state index in [1.165, 1.54) is 5.56 Å². The molecular formula is C14H22N2O2. The molecule has 1 aliphatic heterocycles. The first-order valence-corrected chi connectivity index (χ1v) is 6.57. The number of hydrogen-bond acceptors (Lipinski definition) is 4. The Morgan fingerprint density at radius 2 is 2.28 bits per heavy atom. The standard InChI is InChI=1S/C14H22N2O2/c1-10(2)16-8-12(17)9-18-13-5-3-4-11-6-7-15-14(11)13/h3-5,10,12,15-17H,6-9H2,1-2H3. The summed E-state index contributed by atoms with van der Waals surface area (Å²) >= 11 is 0. The van der Waals surface area contributed by atoms with E-state index in [9.17, 15) is 5.11 Å². The predicted molar refractivity (Wildman–Crippen MR) is 73.3 cm³/mol. The molecule has 1 aromatic carbocycles. The third kappa shape index (κ3) is 3.37. The lowest BCUT2D eigenvalue weighted by molar-refractivity contribution is 0.105. The third-order valence-corrected chi connectivity index (χ3v) is 3.00. The Morgan fingerprint density at radius 1 is 1.44 bits per heavy atom. The lowest BCUT2D eigenvalue weighted by Gasteiger charge is -2.16. The van der Waals surface area contributed by atoms with Crippen LogP contribution in [0.15, 0.2) is 18.2 Å². The van der Waals surface area contributed by atoms with Crippen molar-refractivity contribution in [2.75, 3.05) is 25.0 Å². The van der Waals surface area contributed by atoms with E-state index in [2.05, 4.69) is 30.5 Å². The van der Waals surface area contributed by atoms with Gasteiger partial charge in [0.15, 0.2) is 0 Å². The first-order valence-electron chi connectivity index (χ1n) is 6.57. The highest BCUT2D eigenvalue weighted by Gasteiger charge is 2.15. The van der Waals surface area contributed by atoms with Gasteiger partial charge >= 0.3 is 0 Å². The molecule has 18 heavy (non-hydrogen) atoms. The van der Waals surface area contributed by atoms with Gasteiger partial charge in [-0.1, -0.05) is 26.0 Å². The zero-order chi connectivity index (χ0) is 13.0. The molecule has 1 unspecified atom stereocenters. The molecule has 4 heteroatoms. The van der Waals surface area contributed by atoms with Gasteiger partial charge in [-0.3, -0.25) is 0 Å². The monoisotopic (exact) mass is 250 g/mol. The van der Waals surface area contributed by atoms with E-state index in [-0.39, 0.29) is 0 Å². The van der Waals surface area contributed by atoms with Crippen LogP contribution in [-0.2, 0) is 6.42 Å². The first kappa shape index (κ1) is 13.2. The third-order valence-electron chi connectivity index (χ3n) is 3.00. The molecule has 0 radical (unpaired) electrons. The van der Waals surface area contributed by atoms with Crippen molar-refractivity contribution in [2.24, 2.45) is 0 Å². The molecule has 0 saturated heterocycles. The number of rotatable bonds is 6. The van der Waals surface area contributed by atoms with Gasteiger partial charge in [-0.2, -0.15) is 0 Å². The molecule has 1 heterocycles. The minimum absolute atomic E-state index is 0.317. The summed E-state index contributed by atoms with van der Waals surface area (Å²) in [5.41, 5.74) is 2.38. The molecule has 2 rings (SSSR count). The van der Waals surface area contributed by atoms with Crippen molar-refractivity contribution in [1.29, 1.82) is 0 Å². The highest BCUT2D eigenvalue weighted by atomic mass is 16.5. The number of para-hydroxylation sites is 1. The summed E-state index contributed by atoms with van der Waals surface area (Å²) in [5, 5.41) is 16.3. The zero-order valence-corrected chi connectivity index (χ0v) is 11.1. The van der Waals surface area contributed by atoms with Crippen molar-refractivity contribution in [3.8, 4) is 5.75 Å². The summed E-state index contributed by atoms with van der Waals surface area (Å²) in [6.07, 6.45) is 0.564. The van der Waals surface area contributed by atoms with Crippen molar-refractivity contribution in [3.63, 3.8) is 0 Å². The Kier molecular flexibility index (Phi) is 4.44. The number of aliphatic hydroxyl groups excluding tert-OH is 1. The molecule has 1 aromatic rings. The maximum absolute atomic E-state index is 9.80. The minimum atomic E-state index is -0.482. The SMILES string of the molecule is CC(C)NCC(O)COc1cccc2c1NCC2. The van der Waals surface area contributed by atoms with Crippen molar-refractivity contribution < 1.29 is 9.84 Å². The Labute approximate surface area is 108 Å². The van der Waals surface area contributed by atoms with Crippen molar-refractivity contribution >= 4 is 5.69 Å². The van der Waals surface area contributed by atoms with Crippen LogP contribution >= 0.6 is 0 Å². The quantitative estimate of drug-likeness (QED) is 0.714. The Balaban J connectivity index is 1.85. The predicted octanol–water partition coefficient (Wildman–Crippen LogP) is 1.39. The average Bonchev–Trinajstić information content (AvgIpc) is 2.82. The molecule has 0 aliphatic carbocycles. The summed E-state index contributed by atoms with van der Waals surface area (Å²) < 4.78 is 5.69. The van der Waals surface area contributed by atoms with Crippen molar-refractivity contribution in [3.05, 3.63) is 23.8 Å². The van der Waals surface area contributed by atoms with Gasteiger partial charge in [-0.25, -0.2) is 0 Å². The zero-order valence-electron chi connectivity index (χ0n) is 11.1. The van der Waals surface area contributed by atoms with E-state index < -0.39 is 6.10 Å². The topological polar surface area (TPSA) is 53.5 Å². The van der Waals surface area contributed by atoms with E-state index in [0.717, 1.165) is 24.4 Å². The van der Waals surface area contributed by atoms with E-state index in [1.54, 1.807) is 0 Å². The molecule has 100 valence electrons. The fourth-order valence-corrected chi connectivity index (χ4v) is 2.04. The molecule has 3 N–H and O–H groups in total. The summed E-state index contributed by atoms with van der Waals surface area (Å²) in [4.78, 5) is 0. The molecule has 0 amide bonds. The summed E-state index contributed by atoms with van der Waals surface area (Å²) in [7, 11) is 0. The molecule has 0 aromatic heterocycles. The number of fused-ring (bicyclic) bond motifs is 1. The Bertz CT molecular complexity index is 393. The number of aliphatic hydroxyl groups is 1. The fourth-order valence-electron chi connectivity index (χ4n) is 2.04. The number of ether oxygens (including phenoxy) is 1. The van der Waals surface area contributed by atoms with Crippen LogP contribution in [0.5, 0.6) is 5.75 Å². The van der Waals surface area contributed by atoms with Crippen LogP contribution in [0.3, 0.4) is 0 Å². The van der Waals surface area contributed by atoms with Crippen LogP contribution in [0.4, 0.5) is 5.69 Å². The van der Waals surface area contributed by atoms with E-state index in [4.69, 9.17) is 4.74 Å². The second-order valence-corrected chi connectivity index (χ2v) is 4.99. The van der Waals surface area contributed by atoms with Gasteiger partial charge in [0.05, 0.1) is 5.69 Å². The molecule has 1 atom stereocenters. The molecule has 0 spiro atoms. The fraction of sp³-hybridized carbons (Fsp3) is 0.571. The van der Waals surface area contributed by atoms with Crippen LogP contribution in [0.1, 0.15) is 19.4 Å². The smallest absolute Gasteiger partial charge is 0.142 e. The van der Waals surface area contributed by atoms with Gasteiger partial charge in [0.1, 0.15) is 18.5 Å². The molecule has 1 aliphatic rings. The minimum Gasteiger partial charge on any atom is -0.489 e. The second-order valence-electron chi connectivity index (χ2n) is 4.99. The van der Waals surface area contributed by atoms with Crippen LogP contribution in [0.2, 0.25) is 0 Å². The number of anilines is 1. The van der Waals surface area contributed by atoms with Gasteiger partial charge in [-0.15, -0.1) is 0 Å². The van der Waals surface area contributed by atoms with Crippen molar-refractivity contribution in [2.45, 2.75) is 32.4 Å². The van der Waals surface area contributed by atoms with Crippen LogP contribution < -0.4 is 15.4 Å². The molecule has 4 nitrogen and oxygen atoms in total. The van der Waals surface area contributed by atoms with Crippen molar-refractivity contribution in [1.82, 2.24) is 5.32 Å².